The normalized spacial score (nSPS) is 16.3. The number of rotatable bonds is 7. The summed E-state index contributed by atoms with van der Waals surface area (Å²) in [4.78, 5) is 27.3. The SMILES string of the molecule is CCN(C)[C@@H](CN)C(=O)Nc1ccc(N2CCOCC2=O)c(C(F)F)c1. The van der Waals surface area contributed by atoms with E-state index in [0.29, 0.717) is 6.54 Å². The minimum Gasteiger partial charge on any atom is -0.370 e. The van der Waals surface area contributed by atoms with Crippen molar-refractivity contribution in [2.24, 2.45) is 5.73 Å². The molecule has 1 saturated heterocycles. The van der Waals surface area contributed by atoms with Gasteiger partial charge in [0.05, 0.1) is 12.3 Å². The Labute approximate surface area is 151 Å². The van der Waals surface area contributed by atoms with Crippen molar-refractivity contribution < 1.29 is 23.1 Å². The number of hydrogen-bond donors (Lipinski definition) is 2. The second-order valence-corrected chi connectivity index (χ2v) is 5.99. The van der Waals surface area contributed by atoms with Crippen LogP contribution in [0.2, 0.25) is 0 Å². The molecule has 3 N–H and O–H groups in total. The van der Waals surface area contributed by atoms with Crippen LogP contribution in [0.15, 0.2) is 18.2 Å². The van der Waals surface area contributed by atoms with Gasteiger partial charge in [-0.15, -0.1) is 0 Å². The van der Waals surface area contributed by atoms with E-state index in [9.17, 15) is 18.4 Å². The van der Waals surface area contributed by atoms with Crippen molar-refractivity contribution in [1.82, 2.24) is 4.90 Å². The Balaban J connectivity index is 2.25. The number of benzene rings is 1. The predicted octanol–water partition coefficient (Wildman–Crippen LogP) is 1.20. The van der Waals surface area contributed by atoms with Gasteiger partial charge in [0.15, 0.2) is 0 Å². The summed E-state index contributed by atoms with van der Waals surface area (Å²) in [6.07, 6.45) is -2.79. The number of nitrogens with one attached hydrogen (secondary N) is 1. The van der Waals surface area contributed by atoms with Gasteiger partial charge in [-0.1, -0.05) is 6.92 Å². The molecule has 1 fully saturated rings. The lowest BCUT2D eigenvalue weighted by atomic mass is 10.1. The van der Waals surface area contributed by atoms with Crippen LogP contribution < -0.4 is 16.0 Å². The maximum absolute atomic E-state index is 13.5. The number of amides is 2. The zero-order chi connectivity index (χ0) is 19.3. The van der Waals surface area contributed by atoms with E-state index in [-0.39, 0.29) is 55.1 Å². The molecule has 1 aliphatic heterocycles. The molecule has 7 nitrogen and oxygen atoms in total. The summed E-state index contributed by atoms with van der Waals surface area (Å²) in [5.74, 6) is -0.741. The Hall–Kier alpha value is -2.10. The van der Waals surface area contributed by atoms with Crippen LogP contribution >= 0.6 is 0 Å². The maximum Gasteiger partial charge on any atom is 0.265 e. The van der Waals surface area contributed by atoms with E-state index in [1.807, 2.05) is 6.92 Å². The van der Waals surface area contributed by atoms with Crippen molar-refractivity contribution >= 4 is 23.2 Å². The molecular formula is C17H24F2N4O3. The van der Waals surface area contributed by atoms with Crippen LogP contribution in [0.3, 0.4) is 0 Å². The molecule has 0 spiro atoms. The molecule has 0 bridgehead atoms. The average molecular weight is 370 g/mol. The van der Waals surface area contributed by atoms with Crippen LogP contribution in [-0.4, -0.2) is 62.7 Å². The van der Waals surface area contributed by atoms with Crippen LogP contribution in [-0.2, 0) is 14.3 Å². The van der Waals surface area contributed by atoms with Crippen molar-refractivity contribution in [3.8, 4) is 0 Å². The number of nitrogens with two attached hydrogens (primary N) is 1. The van der Waals surface area contributed by atoms with Crippen LogP contribution in [0.5, 0.6) is 0 Å². The minimum absolute atomic E-state index is 0.109. The van der Waals surface area contributed by atoms with Gasteiger partial charge in [-0.05, 0) is 31.8 Å². The van der Waals surface area contributed by atoms with Crippen molar-refractivity contribution in [2.45, 2.75) is 19.4 Å². The first kappa shape index (κ1) is 20.2. The third-order valence-corrected chi connectivity index (χ3v) is 4.36. The number of anilines is 2. The molecule has 0 saturated carbocycles. The molecule has 144 valence electrons. The number of likely N-dealkylation sites (N-methyl/N-ethyl adjacent to an activating group) is 1. The van der Waals surface area contributed by atoms with Crippen molar-refractivity contribution in [1.29, 1.82) is 0 Å². The van der Waals surface area contributed by atoms with Gasteiger partial charge in [0.1, 0.15) is 12.6 Å². The second-order valence-electron chi connectivity index (χ2n) is 5.99. The number of halogens is 2. The average Bonchev–Trinajstić information content (AvgIpc) is 2.62. The Kier molecular flexibility index (Phi) is 7.01. The first-order chi connectivity index (χ1) is 12.4. The van der Waals surface area contributed by atoms with Crippen LogP contribution in [0, 0.1) is 0 Å². The quantitative estimate of drug-likeness (QED) is 0.753. The predicted molar refractivity (Wildman–Crippen MR) is 94.3 cm³/mol. The Morgan fingerprint density at radius 3 is 2.77 bits per heavy atom. The number of carbonyl (C=O) groups excluding carboxylic acids is 2. The van der Waals surface area contributed by atoms with E-state index in [1.54, 1.807) is 11.9 Å². The van der Waals surface area contributed by atoms with Crippen molar-refractivity contribution in [2.75, 3.05) is 50.1 Å². The summed E-state index contributed by atoms with van der Waals surface area (Å²) in [6.45, 7) is 2.98. The molecule has 9 heteroatoms. The fraction of sp³-hybridized carbons (Fsp3) is 0.529. The van der Waals surface area contributed by atoms with Crippen molar-refractivity contribution in [3.63, 3.8) is 0 Å². The van der Waals surface area contributed by atoms with Gasteiger partial charge in [-0.25, -0.2) is 8.78 Å². The first-order valence-corrected chi connectivity index (χ1v) is 8.40. The van der Waals surface area contributed by atoms with Gasteiger partial charge in [0.25, 0.3) is 12.3 Å². The minimum atomic E-state index is -2.79. The molecule has 1 heterocycles. The maximum atomic E-state index is 13.5. The third kappa shape index (κ3) is 4.54. The number of morpholine rings is 1. The lowest BCUT2D eigenvalue weighted by molar-refractivity contribution is -0.125. The van der Waals surface area contributed by atoms with Crippen LogP contribution in [0.1, 0.15) is 18.9 Å². The highest BCUT2D eigenvalue weighted by Crippen LogP contribution is 2.33. The van der Waals surface area contributed by atoms with Gasteiger partial charge in [0.2, 0.25) is 5.91 Å². The Morgan fingerprint density at radius 2 is 2.19 bits per heavy atom. The van der Waals surface area contributed by atoms with Gasteiger partial charge in [-0.3, -0.25) is 14.5 Å². The Morgan fingerprint density at radius 1 is 1.46 bits per heavy atom. The van der Waals surface area contributed by atoms with E-state index in [4.69, 9.17) is 10.5 Å². The first-order valence-electron chi connectivity index (χ1n) is 8.40. The molecule has 0 unspecified atom stereocenters. The molecule has 1 atom stereocenters. The number of carbonyl (C=O) groups is 2. The summed E-state index contributed by atoms with van der Waals surface area (Å²) in [5.41, 5.74) is 5.69. The molecule has 1 aromatic rings. The van der Waals surface area contributed by atoms with Gasteiger partial charge >= 0.3 is 0 Å². The Bertz CT molecular complexity index is 657. The van der Waals surface area contributed by atoms with Gasteiger partial charge < -0.3 is 20.7 Å². The summed E-state index contributed by atoms with van der Waals surface area (Å²) in [6, 6.07) is 3.55. The standard InChI is InChI=1S/C17H24F2N4O3/c1-3-22(2)14(9-20)17(25)21-11-4-5-13(12(8-11)16(18)19)23-6-7-26-10-15(23)24/h4-5,8,14,16H,3,6-7,9-10,20H2,1-2H3,(H,21,25)/t14-/m0/s1. The van der Waals surface area contributed by atoms with Crippen molar-refractivity contribution in [3.05, 3.63) is 23.8 Å². The number of ether oxygens (including phenoxy) is 1. The summed E-state index contributed by atoms with van der Waals surface area (Å²) >= 11 is 0. The highest BCUT2D eigenvalue weighted by atomic mass is 19.3. The highest BCUT2D eigenvalue weighted by molar-refractivity contribution is 5.97. The summed E-state index contributed by atoms with van der Waals surface area (Å²) < 4.78 is 32.1. The third-order valence-electron chi connectivity index (χ3n) is 4.36. The number of hydrogen-bond acceptors (Lipinski definition) is 5. The molecule has 2 rings (SSSR count). The molecule has 2 amide bonds. The van der Waals surface area contributed by atoms with Crippen LogP contribution in [0.4, 0.5) is 20.2 Å². The largest absolute Gasteiger partial charge is 0.370 e. The summed E-state index contributed by atoms with van der Waals surface area (Å²) in [5, 5.41) is 2.62. The van der Waals surface area contributed by atoms with E-state index < -0.39 is 12.5 Å². The zero-order valence-electron chi connectivity index (χ0n) is 14.9. The fourth-order valence-corrected chi connectivity index (χ4v) is 2.76. The zero-order valence-corrected chi connectivity index (χ0v) is 14.9. The molecule has 0 radical (unpaired) electrons. The fourth-order valence-electron chi connectivity index (χ4n) is 2.76. The molecular weight excluding hydrogens is 346 g/mol. The van der Waals surface area contributed by atoms with Gasteiger partial charge in [0, 0.05) is 24.3 Å². The lowest BCUT2D eigenvalue weighted by Gasteiger charge is -2.29. The molecule has 1 aliphatic rings. The van der Waals surface area contributed by atoms with E-state index >= 15 is 0 Å². The number of alkyl halides is 2. The molecule has 26 heavy (non-hydrogen) atoms. The van der Waals surface area contributed by atoms with E-state index in [0.717, 1.165) is 0 Å². The topological polar surface area (TPSA) is 87.9 Å². The molecule has 0 aliphatic carbocycles. The summed E-state index contributed by atoms with van der Waals surface area (Å²) in [7, 11) is 1.76. The highest BCUT2D eigenvalue weighted by Gasteiger charge is 2.26. The van der Waals surface area contributed by atoms with Gasteiger partial charge in [-0.2, -0.15) is 0 Å². The molecule has 0 aromatic heterocycles. The lowest BCUT2D eigenvalue weighted by Crippen LogP contribution is -2.46. The smallest absolute Gasteiger partial charge is 0.265 e. The molecule has 1 aromatic carbocycles. The number of nitrogens with zero attached hydrogens (tertiary/aromatic N) is 2. The van der Waals surface area contributed by atoms with E-state index in [1.165, 1.54) is 23.1 Å². The van der Waals surface area contributed by atoms with E-state index in [2.05, 4.69) is 5.32 Å². The van der Waals surface area contributed by atoms with Crippen LogP contribution in [0.25, 0.3) is 0 Å². The second kappa shape index (κ2) is 9.02. The monoisotopic (exact) mass is 370 g/mol.